The number of hydrogen-bond acceptors (Lipinski definition) is 3. The molecular formula is C12H21N3O2. The van der Waals surface area contributed by atoms with E-state index in [4.69, 9.17) is 4.74 Å². The molecule has 0 aliphatic rings. The molecule has 0 fully saturated rings. The van der Waals surface area contributed by atoms with Crippen LogP contribution < -0.4 is 5.32 Å². The van der Waals surface area contributed by atoms with E-state index in [0.29, 0.717) is 18.8 Å². The van der Waals surface area contributed by atoms with Crippen molar-refractivity contribution in [2.24, 2.45) is 5.92 Å². The van der Waals surface area contributed by atoms with Gasteiger partial charge in [0.2, 0.25) is 5.91 Å². The van der Waals surface area contributed by atoms with Crippen molar-refractivity contribution in [3.05, 3.63) is 11.8 Å². The highest BCUT2D eigenvalue weighted by Crippen LogP contribution is 2.09. The van der Waals surface area contributed by atoms with Crippen LogP contribution in [-0.4, -0.2) is 29.8 Å². The van der Waals surface area contributed by atoms with Crippen LogP contribution in [0.1, 0.15) is 32.4 Å². The van der Waals surface area contributed by atoms with Gasteiger partial charge in [0.05, 0.1) is 0 Å². The second-order valence-corrected chi connectivity index (χ2v) is 4.34. The van der Waals surface area contributed by atoms with Crippen molar-refractivity contribution in [2.45, 2.75) is 33.1 Å². The minimum atomic E-state index is -0.0240. The highest BCUT2D eigenvalue weighted by atomic mass is 16.5. The number of aryl methyl sites for hydroxylation is 1. The maximum Gasteiger partial charge on any atom is 0.225 e. The van der Waals surface area contributed by atoms with Crippen LogP contribution in [0.4, 0.5) is 5.82 Å². The molecule has 17 heavy (non-hydrogen) atoms. The van der Waals surface area contributed by atoms with E-state index in [9.17, 15) is 4.79 Å². The van der Waals surface area contributed by atoms with E-state index in [-0.39, 0.29) is 11.8 Å². The molecule has 0 aliphatic heterocycles. The Hall–Kier alpha value is -1.36. The Balaban J connectivity index is 2.39. The zero-order valence-corrected chi connectivity index (χ0v) is 10.7. The SMILES string of the molecule is CCCc1cc(NC(=O)CC(C)COC)n[nH]1. The van der Waals surface area contributed by atoms with Gasteiger partial charge >= 0.3 is 0 Å². The van der Waals surface area contributed by atoms with E-state index in [2.05, 4.69) is 22.4 Å². The number of amides is 1. The van der Waals surface area contributed by atoms with Crippen molar-refractivity contribution >= 4 is 11.7 Å². The fourth-order valence-corrected chi connectivity index (χ4v) is 1.68. The van der Waals surface area contributed by atoms with Gasteiger partial charge in [-0.25, -0.2) is 0 Å². The van der Waals surface area contributed by atoms with Gasteiger partial charge in [0.1, 0.15) is 0 Å². The molecule has 1 amide bonds. The molecule has 0 bridgehead atoms. The first-order valence-corrected chi connectivity index (χ1v) is 5.98. The Bertz CT molecular complexity index is 349. The number of anilines is 1. The summed E-state index contributed by atoms with van der Waals surface area (Å²) in [5.74, 6) is 0.793. The second kappa shape index (κ2) is 7.06. The fraction of sp³-hybridized carbons (Fsp3) is 0.667. The number of H-pyrrole nitrogens is 1. The Morgan fingerprint density at radius 2 is 2.41 bits per heavy atom. The third-order valence-corrected chi connectivity index (χ3v) is 2.40. The van der Waals surface area contributed by atoms with Crippen molar-refractivity contribution < 1.29 is 9.53 Å². The summed E-state index contributed by atoms with van der Waals surface area (Å²) in [6.07, 6.45) is 2.45. The van der Waals surface area contributed by atoms with E-state index in [1.165, 1.54) is 0 Å². The normalized spacial score (nSPS) is 12.4. The minimum absolute atomic E-state index is 0.0240. The quantitative estimate of drug-likeness (QED) is 0.764. The molecule has 2 N–H and O–H groups in total. The van der Waals surface area contributed by atoms with E-state index < -0.39 is 0 Å². The summed E-state index contributed by atoms with van der Waals surface area (Å²) in [6.45, 7) is 4.68. The molecule has 0 saturated carbocycles. The van der Waals surface area contributed by atoms with Crippen LogP contribution in [0, 0.1) is 5.92 Å². The monoisotopic (exact) mass is 239 g/mol. The van der Waals surface area contributed by atoms with Crippen LogP contribution in [0.2, 0.25) is 0 Å². The van der Waals surface area contributed by atoms with Crippen LogP contribution in [0.3, 0.4) is 0 Å². The minimum Gasteiger partial charge on any atom is -0.384 e. The Labute approximate surface area is 102 Å². The number of methoxy groups -OCH3 is 1. The summed E-state index contributed by atoms with van der Waals surface area (Å²) in [4.78, 5) is 11.6. The highest BCUT2D eigenvalue weighted by Gasteiger charge is 2.10. The Kier molecular flexibility index (Phi) is 5.69. The van der Waals surface area contributed by atoms with Gasteiger partial charge in [0.25, 0.3) is 0 Å². The molecule has 1 unspecified atom stereocenters. The predicted octanol–water partition coefficient (Wildman–Crippen LogP) is 1.97. The number of carbonyl (C=O) groups excluding carboxylic acids is 1. The summed E-state index contributed by atoms with van der Waals surface area (Å²) in [5, 5.41) is 9.71. The van der Waals surface area contributed by atoms with Gasteiger partial charge in [0.15, 0.2) is 5.82 Å². The highest BCUT2D eigenvalue weighted by molar-refractivity contribution is 5.89. The van der Waals surface area contributed by atoms with Gasteiger partial charge < -0.3 is 10.1 Å². The molecule has 1 atom stereocenters. The molecule has 5 heteroatoms. The summed E-state index contributed by atoms with van der Waals surface area (Å²) >= 11 is 0. The first-order chi connectivity index (χ1) is 8.15. The van der Waals surface area contributed by atoms with Crippen molar-refractivity contribution in [3.63, 3.8) is 0 Å². The summed E-state index contributed by atoms with van der Waals surface area (Å²) in [5.41, 5.74) is 1.05. The average Bonchev–Trinajstić information content (AvgIpc) is 2.66. The second-order valence-electron chi connectivity index (χ2n) is 4.34. The fourth-order valence-electron chi connectivity index (χ4n) is 1.68. The van der Waals surface area contributed by atoms with Gasteiger partial charge in [-0.15, -0.1) is 0 Å². The molecule has 1 aromatic heterocycles. The zero-order chi connectivity index (χ0) is 12.7. The molecule has 1 heterocycles. The molecule has 96 valence electrons. The molecule has 1 rings (SSSR count). The lowest BCUT2D eigenvalue weighted by molar-refractivity contribution is -0.117. The van der Waals surface area contributed by atoms with Crippen molar-refractivity contribution in [3.8, 4) is 0 Å². The summed E-state index contributed by atoms with van der Waals surface area (Å²) in [7, 11) is 1.64. The van der Waals surface area contributed by atoms with Gasteiger partial charge in [-0.05, 0) is 12.3 Å². The van der Waals surface area contributed by atoms with E-state index in [1.54, 1.807) is 7.11 Å². The number of aromatic amines is 1. The van der Waals surface area contributed by atoms with Crippen molar-refractivity contribution in [1.29, 1.82) is 0 Å². The smallest absolute Gasteiger partial charge is 0.225 e. The molecule has 0 aliphatic carbocycles. The molecule has 0 aromatic carbocycles. The Morgan fingerprint density at radius 1 is 1.65 bits per heavy atom. The van der Waals surface area contributed by atoms with E-state index in [1.807, 2.05) is 13.0 Å². The zero-order valence-electron chi connectivity index (χ0n) is 10.7. The van der Waals surface area contributed by atoms with Gasteiger partial charge in [0, 0.05) is 31.9 Å². The lowest BCUT2D eigenvalue weighted by atomic mass is 10.1. The number of hydrogen-bond donors (Lipinski definition) is 2. The first-order valence-electron chi connectivity index (χ1n) is 5.98. The number of ether oxygens (including phenoxy) is 1. The maximum atomic E-state index is 11.6. The van der Waals surface area contributed by atoms with Gasteiger partial charge in [-0.2, -0.15) is 5.10 Å². The number of carbonyl (C=O) groups is 1. The summed E-state index contributed by atoms with van der Waals surface area (Å²) < 4.78 is 4.99. The van der Waals surface area contributed by atoms with Gasteiger partial charge in [-0.3, -0.25) is 9.89 Å². The summed E-state index contributed by atoms with van der Waals surface area (Å²) in [6, 6.07) is 1.88. The average molecular weight is 239 g/mol. The van der Waals surface area contributed by atoms with Crippen LogP contribution in [-0.2, 0) is 16.0 Å². The number of nitrogens with zero attached hydrogens (tertiary/aromatic N) is 1. The van der Waals surface area contributed by atoms with Crippen molar-refractivity contribution in [1.82, 2.24) is 10.2 Å². The molecule has 5 nitrogen and oxygen atoms in total. The molecule has 0 saturated heterocycles. The molecule has 0 spiro atoms. The third kappa shape index (κ3) is 4.99. The lowest BCUT2D eigenvalue weighted by Crippen LogP contribution is -2.17. The van der Waals surface area contributed by atoms with Gasteiger partial charge in [-0.1, -0.05) is 20.3 Å². The largest absolute Gasteiger partial charge is 0.384 e. The molecule has 1 aromatic rings. The van der Waals surface area contributed by atoms with E-state index in [0.717, 1.165) is 18.5 Å². The maximum absolute atomic E-state index is 11.6. The topological polar surface area (TPSA) is 67.0 Å². The predicted molar refractivity (Wildman–Crippen MR) is 66.9 cm³/mol. The molecular weight excluding hydrogens is 218 g/mol. The first kappa shape index (κ1) is 13.7. The number of nitrogens with one attached hydrogen (secondary N) is 2. The van der Waals surface area contributed by atoms with Crippen LogP contribution in [0.15, 0.2) is 6.07 Å². The number of aromatic nitrogens is 2. The lowest BCUT2D eigenvalue weighted by Gasteiger charge is -2.08. The Morgan fingerprint density at radius 3 is 3.06 bits per heavy atom. The third-order valence-electron chi connectivity index (χ3n) is 2.40. The molecule has 0 radical (unpaired) electrons. The van der Waals surface area contributed by atoms with Crippen LogP contribution in [0.25, 0.3) is 0 Å². The van der Waals surface area contributed by atoms with E-state index >= 15 is 0 Å². The van der Waals surface area contributed by atoms with Crippen molar-refractivity contribution in [2.75, 3.05) is 19.0 Å². The van der Waals surface area contributed by atoms with Crippen LogP contribution >= 0.6 is 0 Å². The van der Waals surface area contributed by atoms with Crippen LogP contribution in [0.5, 0.6) is 0 Å². The number of rotatable bonds is 7. The standard InChI is InChI=1S/C12H21N3O2/c1-4-5-10-7-11(15-14-10)13-12(16)6-9(2)8-17-3/h7,9H,4-6,8H2,1-3H3,(H2,13,14,15,16).